The number of hydrogen-bond acceptors (Lipinski definition) is 3. The summed E-state index contributed by atoms with van der Waals surface area (Å²) in [4.78, 5) is 14.3. The SMILES string of the molecule is CC(Oc1ccccc1C#N)C(=O)N(C)C(C)c1ccc(Cl)cc1Cl. The molecule has 0 heterocycles. The van der Waals surface area contributed by atoms with Crippen LogP contribution in [0.5, 0.6) is 5.75 Å². The third-order valence-corrected chi connectivity index (χ3v) is 4.56. The molecule has 0 aliphatic rings. The summed E-state index contributed by atoms with van der Waals surface area (Å²) in [5, 5.41) is 10.2. The fraction of sp³-hybridized carbons (Fsp3) is 0.263. The number of para-hydroxylation sites is 1. The first-order chi connectivity index (χ1) is 11.8. The molecule has 0 N–H and O–H groups in total. The Bertz CT molecular complexity index is 817. The molecule has 0 aliphatic heterocycles. The maximum absolute atomic E-state index is 12.7. The Balaban J connectivity index is 2.14. The van der Waals surface area contributed by atoms with Crippen molar-refractivity contribution in [2.24, 2.45) is 0 Å². The van der Waals surface area contributed by atoms with E-state index in [0.29, 0.717) is 21.4 Å². The second-order valence-electron chi connectivity index (χ2n) is 5.66. The molecule has 6 heteroatoms. The van der Waals surface area contributed by atoms with Gasteiger partial charge in [-0.05, 0) is 43.7 Å². The molecule has 2 aromatic carbocycles. The normalized spacial score (nSPS) is 12.8. The number of rotatable bonds is 5. The molecule has 2 aromatic rings. The largest absolute Gasteiger partial charge is 0.480 e. The van der Waals surface area contributed by atoms with Crippen LogP contribution in [0, 0.1) is 11.3 Å². The van der Waals surface area contributed by atoms with E-state index < -0.39 is 6.10 Å². The van der Waals surface area contributed by atoms with Crippen LogP contribution in [-0.4, -0.2) is 24.0 Å². The predicted molar refractivity (Wildman–Crippen MR) is 98.9 cm³/mol. The quantitative estimate of drug-likeness (QED) is 0.748. The topological polar surface area (TPSA) is 53.3 Å². The molecule has 2 rings (SSSR count). The Labute approximate surface area is 157 Å². The molecule has 0 aromatic heterocycles. The third-order valence-electron chi connectivity index (χ3n) is 4.00. The van der Waals surface area contributed by atoms with Crippen molar-refractivity contribution in [2.75, 3.05) is 7.05 Å². The van der Waals surface area contributed by atoms with E-state index in [1.54, 1.807) is 61.3 Å². The van der Waals surface area contributed by atoms with Gasteiger partial charge in [0.15, 0.2) is 6.10 Å². The maximum Gasteiger partial charge on any atom is 0.263 e. The number of likely N-dealkylation sites (N-methyl/N-ethyl adjacent to an activating group) is 1. The van der Waals surface area contributed by atoms with E-state index in [1.165, 1.54) is 0 Å². The van der Waals surface area contributed by atoms with Crippen molar-refractivity contribution in [3.63, 3.8) is 0 Å². The van der Waals surface area contributed by atoms with Crippen molar-refractivity contribution in [1.82, 2.24) is 4.90 Å². The molecule has 2 unspecified atom stereocenters. The van der Waals surface area contributed by atoms with Crippen LogP contribution in [0.3, 0.4) is 0 Å². The molecule has 0 saturated heterocycles. The van der Waals surface area contributed by atoms with Crippen molar-refractivity contribution < 1.29 is 9.53 Å². The van der Waals surface area contributed by atoms with Crippen molar-refractivity contribution in [3.8, 4) is 11.8 Å². The van der Waals surface area contributed by atoms with Crippen molar-refractivity contribution in [2.45, 2.75) is 26.0 Å². The number of amides is 1. The zero-order chi connectivity index (χ0) is 18.6. The Morgan fingerprint density at radius 3 is 2.52 bits per heavy atom. The second-order valence-corrected chi connectivity index (χ2v) is 6.50. The summed E-state index contributed by atoms with van der Waals surface area (Å²) in [7, 11) is 1.69. The van der Waals surface area contributed by atoms with Crippen LogP contribution in [0.1, 0.15) is 31.0 Å². The molecular formula is C19H18Cl2N2O2. The third kappa shape index (κ3) is 4.45. The Kier molecular flexibility index (Phi) is 6.30. The molecule has 2 atom stereocenters. The highest BCUT2D eigenvalue weighted by atomic mass is 35.5. The van der Waals surface area contributed by atoms with Crippen LogP contribution in [0.2, 0.25) is 10.0 Å². The molecule has 25 heavy (non-hydrogen) atoms. The minimum atomic E-state index is -0.743. The fourth-order valence-corrected chi connectivity index (χ4v) is 3.00. The van der Waals surface area contributed by atoms with E-state index in [9.17, 15) is 4.79 Å². The van der Waals surface area contributed by atoms with Crippen molar-refractivity contribution in [1.29, 1.82) is 5.26 Å². The van der Waals surface area contributed by atoms with E-state index in [-0.39, 0.29) is 11.9 Å². The van der Waals surface area contributed by atoms with E-state index in [0.717, 1.165) is 5.56 Å². The molecule has 4 nitrogen and oxygen atoms in total. The summed E-state index contributed by atoms with van der Waals surface area (Å²) in [6, 6.07) is 13.8. The van der Waals surface area contributed by atoms with Crippen molar-refractivity contribution in [3.05, 3.63) is 63.6 Å². The number of hydrogen-bond donors (Lipinski definition) is 0. The van der Waals surface area contributed by atoms with E-state index in [4.69, 9.17) is 33.2 Å². The highest BCUT2D eigenvalue weighted by molar-refractivity contribution is 6.35. The van der Waals surface area contributed by atoms with Gasteiger partial charge in [-0.2, -0.15) is 5.26 Å². The van der Waals surface area contributed by atoms with Gasteiger partial charge in [0, 0.05) is 17.1 Å². The summed E-state index contributed by atoms with van der Waals surface area (Å²) in [6.45, 7) is 3.53. The lowest BCUT2D eigenvalue weighted by Crippen LogP contribution is -2.39. The summed E-state index contributed by atoms with van der Waals surface area (Å²) in [5.74, 6) is 0.169. The number of benzene rings is 2. The lowest BCUT2D eigenvalue weighted by Gasteiger charge is -2.29. The van der Waals surface area contributed by atoms with Crippen LogP contribution in [0.15, 0.2) is 42.5 Å². The van der Waals surface area contributed by atoms with Crippen LogP contribution >= 0.6 is 23.2 Å². The van der Waals surface area contributed by atoms with Crippen LogP contribution in [0.25, 0.3) is 0 Å². The van der Waals surface area contributed by atoms with Crippen molar-refractivity contribution >= 4 is 29.1 Å². The molecule has 0 radical (unpaired) electrons. The van der Waals surface area contributed by atoms with Gasteiger partial charge in [-0.15, -0.1) is 0 Å². The van der Waals surface area contributed by atoms with E-state index in [1.807, 2.05) is 6.92 Å². The Morgan fingerprint density at radius 2 is 1.88 bits per heavy atom. The fourth-order valence-electron chi connectivity index (χ4n) is 2.43. The van der Waals surface area contributed by atoms with Gasteiger partial charge >= 0.3 is 0 Å². The van der Waals surface area contributed by atoms with Gasteiger partial charge in [-0.3, -0.25) is 4.79 Å². The zero-order valence-corrected chi connectivity index (χ0v) is 15.7. The molecule has 0 aliphatic carbocycles. The molecule has 0 fully saturated rings. The average molecular weight is 377 g/mol. The first kappa shape index (κ1) is 19.1. The molecule has 0 bridgehead atoms. The summed E-state index contributed by atoms with van der Waals surface area (Å²) >= 11 is 12.2. The minimum absolute atomic E-state index is 0.216. The van der Waals surface area contributed by atoms with Crippen LogP contribution < -0.4 is 4.74 Å². The lowest BCUT2D eigenvalue weighted by molar-refractivity contribution is -0.138. The second kappa shape index (κ2) is 8.24. The summed E-state index contributed by atoms with van der Waals surface area (Å²) in [6.07, 6.45) is -0.743. The molecule has 1 amide bonds. The highest BCUT2D eigenvalue weighted by Crippen LogP contribution is 2.29. The maximum atomic E-state index is 12.7. The Hall–Kier alpha value is -2.22. The number of carbonyl (C=O) groups is 1. The molecule has 130 valence electrons. The highest BCUT2D eigenvalue weighted by Gasteiger charge is 2.25. The molecular weight excluding hydrogens is 359 g/mol. The molecule has 0 spiro atoms. The van der Waals surface area contributed by atoms with E-state index >= 15 is 0 Å². The van der Waals surface area contributed by atoms with Gasteiger partial charge in [0.25, 0.3) is 5.91 Å². The number of nitrogens with zero attached hydrogens (tertiary/aromatic N) is 2. The zero-order valence-electron chi connectivity index (χ0n) is 14.2. The molecule has 0 saturated carbocycles. The average Bonchev–Trinajstić information content (AvgIpc) is 2.60. The van der Waals surface area contributed by atoms with E-state index in [2.05, 4.69) is 6.07 Å². The first-order valence-corrected chi connectivity index (χ1v) is 8.48. The monoisotopic (exact) mass is 376 g/mol. The lowest BCUT2D eigenvalue weighted by atomic mass is 10.1. The minimum Gasteiger partial charge on any atom is -0.480 e. The number of carbonyl (C=O) groups excluding carboxylic acids is 1. The summed E-state index contributed by atoms with van der Waals surface area (Å²) < 4.78 is 5.69. The summed E-state index contributed by atoms with van der Waals surface area (Å²) in [5.41, 5.74) is 1.19. The standard InChI is InChI=1S/C19H18Cl2N2O2/c1-12(16-9-8-15(20)10-17(16)21)23(3)19(24)13(2)25-18-7-5-4-6-14(18)11-22/h4-10,12-13H,1-3H3. The van der Waals surface area contributed by atoms with Gasteiger partial charge in [0.05, 0.1) is 11.6 Å². The van der Waals surface area contributed by atoms with Gasteiger partial charge in [0.2, 0.25) is 0 Å². The van der Waals surface area contributed by atoms with Gasteiger partial charge in [-0.25, -0.2) is 0 Å². The number of ether oxygens (including phenoxy) is 1. The van der Waals surface area contributed by atoms with Crippen LogP contribution in [-0.2, 0) is 4.79 Å². The first-order valence-electron chi connectivity index (χ1n) is 7.72. The van der Waals surface area contributed by atoms with Gasteiger partial charge < -0.3 is 9.64 Å². The van der Waals surface area contributed by atoms with Crippen LogP contribution in [0.4, 0.5) is 0 Å². The number of nitriles is 1. The van der Waals surface area contributed by atoms with Gasteiger partial charge in [-0.1, -0.05) is 41.4 Å². The smallest absolute Gasteiger partial charge is 0.263 e. The number of halogens is 2. The van der Waals surface area contributed by atoms with Gasteiger partial charge in [0.1, 0.15) is 11.8 Å². The Morgan fingerprint density at radius 1 is 1.20 bits per heavy atom. The predicted octanol–water partition coefficient (Wildman–Crippen LogP) is 4.85.